The average Bonchev–Trinajstić information content (AvgIpc) is 3.08. The lowest BCUT2D eigenvalue weighted by atomic mass is 9.88. The first kappa shape index (κ1) is 18.9. The molecule has 3 nitrogen and oxygen atoms in total. The van der Waals surface area contributed by atoms with Crippen LogP contribution in [0.25, 0.3) is 10.9 Å². The molecule has 0 saturated heterocycles. The van der Waals surface area contributed by atoms with E-state index in [-0.39, 0.29) is 24.1 Å². The van der Waals surface area contributed by atoms with Gasteiger partial charge in [-0.2, -0.15) is 0 Å². The molecule has 1 aromatic heterocycles. The van der Waals surface area contributed by atoms with E-state index in [1.807, 2.05) is 61.8 Å². The number of halogens is 1. The maximum Gasteiger partial charge on any atom is 0.221 e. The van der Waals surface area contributed by atoms with Gasteiger partial charge >= 0.3 is 0 Å². The number of rotatable bonds is 6. The van der Waals surface area contributed by atoms with Crippen LogP contribution in [0.2, 0.25) is 0 Å². The van der Waals surface area contributed by atoms with E-state index < -0.39 is 0 Å². The molecule has 4 heteroatoms. The van der Waals surface area contributed by atoms with Crippen molar-refractivity contribution in [2.24, 2.45) is 7.05 Å². The Balaban J connectivity index is 1.65. The summed E-state index contributed by atoms with van der Waals surface area (Å²) in [6, 6.07) is 24.5. The smallest absolute Gasteiger partial charge is 0.221 e. The molecule has 1 atom stereocenters. The van der Waals surface area contributed by atoms with Crippen LogP contribution >= 0.6 is 0 Å². The lowest BCUT2D eigenvalue weighted by Crippen LogP contribution is -2.25. The first-order valence-electron chi connectivity index (χ1n) is 9.72. The fraction of sp³-hybridized carbons (Fsp3) is 0.160. The number of hydrogen-bond acceptors (Lipinski definition) is 1. The van der Waals surface area contributed by atoms with Crippen LogP contribution in [0.1, 0.15) is 29.0 Å². The molecule has 0 bridgehead atoms. The van der Waals surface area contributed by atoms with Gasteiger partial charge in [0.25, 0.3) is 0 Å². The Morgan fingerprint density at radius 2 is 1.76 bits per heavy atom. The van der Waals surface area contributed by atoms with Crippen LogP contribution in [0.3, 0.4) is 0 Å². The molecule has 0 spiro atoms. The number of para-hydroxylation sites is 1. The van der Waals surface area contributed by atoms with E-state index in [0.29, 0.717) is 6.54 Å². The molecule has 1 heterocycles. The zero-order valence-electron chi connectivity index (χ0n) is 16.3. The first-order chi connectivity index (χ1) is 14.1. The number of aryl methyl sites for hydroxylation is 1. The van der Waals surface area contributed by atoms with Crippen molar-refractivity contribution < 1.29 is 9.18 Å². The molecule has 1 amide bonds. The molecular weight excluding hydrogens is 363 g/mol. The van der Waals surface area contributed by atoms with Crippen LogP contribution in [-0.4, -0.2) is 10.5 Å². The van der Waals surface area contributed by atoms with Gasteiger partial charge in [0.1, 0.15) is 5.82 Å². The van der Waals surface area contributed by atoms with Gasteiger partial charge in [-0.3, -0.25) is 4.79 Å². The third-order valence-electron chi connectivity index (χ3n) is 5.28. The molecule has 0 fully saturated rings. The van der Waals surface area contributed by atoms with Crippen molar-refractivity contribution in [3.63, 3.8) is 0 Å². The van der Waals surface area contributed by atoms with Crippen molar-refractivity contribution in [1.29, 1.82) is 0 Å². The Morgan fingerprint density at radius 3 is 2.55 bits per heavy atom. The molecule has 1 N–H and O–H groups in total. The van der Waals surface area contributed by atoms with Crippen molar-refractivity contribution in [2.45, 2.75) is 18.9 Å². The van der Waals surface area contributed by atoms with Gasteiger partial charge < -0.3 is 9.88 Å². The summed E-state index contributed by atoms with van der Waals surface area (Å²) in [6.45, 7) is 0.477. The largest absolute Gasteiger partial charge is 0.352 e. The molecular formula is C25H23FN2O. The minimum Gasteiger partial charge on any atom is -0.352 e. The SMILES string of the molecule is Cn1cc(C(CC(=O)NCc2ccccc2)c2cccc(F)c2)c2ccccc21. The summed E-state index contributed by atoms with van der Waals surface area (Å²) in [6.07, 6.45) is 2.30. The zero-order chi connectivity index (χ0) is 20.2. The highest BCUT2D eigenvalue weighted by Crippen LogP contribution is 2.34. The molecule has 0 saturated carbocycles. The van der Waals surface area contributed by atoms with Crippen molar-refractivity contribution >= 4 is 16.8 Å². The predicted molar refractivity (Wildman–Crippen MR) is 114 cm³/mol. The standard InChI is InChI=1S/C25H23FN2O/c1-28-17-23(21-12-5-6-13-24(21)28)22(19-10-7-11-20(26)14-19)15-25(29)27-16-18-8-3-2-4-9-18/h2-14,17,22H,15-16H2,1H3,(H,27,29). The van der Waals surface area contributed by atoms with Gasteiger partial charge in [-0.15, -0.1) is 0 Å². The molecule has 29 heavy (non-hydrogen) atoms. The van der Waals surface area contributed by atoms with Gasteiger partial charge in [0.2, 0.25) is 5.91 Å². The van der Waals surface area contributed by atoms with Crippen LogP contribution in [0, 0.1) is 5.82 Å². The lowest BCUT2D eigenvalue weighted by molar-refractivity contribution is -0.121. The normalized spacial score (nSPS) is 12.1. The van der Waals surface area contributed by atoms with Gasteiger partial charge in [-0.25, -0.2) is 4.39 Å². The molecule has 3 aromatic carbocycles. The summed E-state index contributed by atoms with van der Waals surface area (Å²) in [5.41, 5.74) is 3.97. The molecule has 0 radical (unpaired) electrons. The fourth-order valence-corrected chi connectivity index (χ4v) is 3.84. The Labute approximate surface area is 169 Å². The first-order valence-corrected chi connectivity index (χ1v) is 9.72. The minimum absolute atomic E-state index is 0.0592. The minimum atomic E-state index is -0.294. The summed E-state index contributed by atoms with van der Waals surface area (Å²) in [5.74, 6) is -0.582. The van der Waals surface area contributed by atoms with E-state index in [2.05, 4.69) is 22.0 Å². The fourth-order valence-electron chi connectivity index (χ4n) is 3.84. The quantitative estimate of drug-likeness (QED) is 0.488. The van der Waals surface area contributed by atoms with Crippen LogP contribution < -0.4 is 5.32 Å². The number of carbonyl (C=O) groups excluding carboxylic acids is 1. The van der Waals surface area contributed by atoms with Gasteiger partial charge in [-0.05, 0) is 34.9 Å². The van der Waals surface area contributed by atoms with E-state index in [0.717, 1.165) is 27.6 Å². The van der Waals surface area contributed by atoms with E-state index in [1.165, 1.54) is 12.1 Å². The van der Waals surface area contributed by atoms with Crippen molar-refractivity contribution in [3.05, 3.63) is 108 Å². The van der Waals surface area contributed by atoms with E-state index in [1.54, 1.807) is 6.07 Å². The maximum atomic E-state index is 14.0. The van der Waals surface area contributed by atoms with Crippen LogP contribution in [0.5, 0.6) is 0 Å². The molecule has 0 aliphatic carbocycles. The monoisotopic (exact) mass is 386 g/mol. The Kier molecular flexibility index (Phi) is 5.43. The third kappa shape index (κ3) is 4.21. The molecule has 0 aliphatic heterocycles. The second-order valence-electron chi connectivity index (χ2n) is 7.29. The summed E-state index contributed by atoms with van der Waals surface area (Å²) in [4.78, 5) is 12.8. The van der Waals surface area contributed by atoms with Crippen molar-refractivity contribution in [1.82, 2.24) is 9.88 Å². The Hall–Kier alpha value is -3.40. The number of nitrogens with one attached hydrogen (secondary N) is 1. The molecule has 146 valence electrons. The van der Waals surface area contributed by atoms with Crippen molar-refractivity contribution in [3.8, 4) is 0 Å². The van der Waals surface area contributed by atoms with Crippen LogP contribution in [-0.2, 0) is 18.4 Å². The molecule has 0 aliphatic rings. The number of hydrogen-bond donors (Lipinski definition) is 1. The second-order valence-corrected chi connectivity index (χ2v) is 7.29. The van der Waals surface area contributed by atoms with Gasteiger partial charge in [0.15, 0.2) is 0 Å². The number of amides is 1. The molecule has 1 unspecified atom stereocenters. The highest BCUT2D eigenvalue weighted by molar-refractivity contribution is 5.86. The molecule has 4 aromatic rings. The highest BCUT2D eigenvalue weighted by atomic mass is 19.1. The topological polar surface area (TPSA) is 34.0 Å². The van der Waals surface area contributed by atoms with Crippen LogP contribution in [0.4, 0.5) is 4.39 Å². The van der Waals surface area contributed by atoms with Gasteiger partial charge in [0.05, 0.1) is 0 Å². The van der Waals surface area contributed by atoms with Crippen molar-refractivity contribution in [2.75, 3.05) is 0 Å². The summed E-state index contributed by atoms with van der Waals surface area (Å²) in [5, 5.41) is 4.08. The Morgan fingerprint density at radius 1 is 1.00 bits per heavy atom. The van der Waals surface area contributed by atoms with Gasteiger partial charge in [0, 0.05) is 43.0 Å². The zero-order valence-corrected chi connectivity index (χ0v) is 16.3. The summed E-state index contributed by atoms with van der Waals surface area (Å²) < 4.78 is 16.0. The van der Waals surface area contributed by atoms with E-state index in [9.17, 15) is 9.18 Å². The number of carbonyl (C=O) groups is 1. The average molecular weight is 386 g/mol. The summed E-state index contributed by atoms with van der Waals surface area (Å²) in [7, 11) is 1.99. The number of fused-ring (bicyclic) bond motifs is 1. The summed E-state index contributed by atoms with van der Waals surface area (Å²) >= 11 is 0. The van der Waals surface area contributed by atoms with E-state index >= 15 is 0 Å². The number of nitrogens with zero attached hydrogens (tertiary/aromatic N) is 1. The lowest BCUT2D eigenvalue weighted by Gasteiger charge is -2.17. The Bertz CT molecular complexity index is 1130. The van der Waals surface area contributed by atoms with Gasteiger partial charge in [-0.1, -0.05) is 60.7 Å². The van der Waals surface area contributed by atoms with E-state index in [4.69, 9.17) is 0 Å². The second kappa shape index (κ2) is 8.31. The van der Waals surface area contributed by atoms with Crippen LogP contribution in [0.15, 0.2) is 85.1 Å². The maximum absolute atomic E-state index is 14.0. The number of aromatic nitrogens is 1. The predicted octanol–water partition coefficient (Wildman–Crippen LogP) is 5.16. The highest BCUT2D eigenvalue weighted by Gasteiger charge is 2.22. The number of benzene rings is 3. The molecule has 4 rings (SSSR count). The third-order valence-corrected chi connectivity index (χ3v) is 5.28.